The number of hydrogen-bond acceptors (Lipinski definition) is 5. The zero-order valence-electron chi connectivity index (χ0n) is 19.7. The normalized spacial score (nSPS) is 16.1. The number of nitrogens with zero attached hydrogens (tertiary/aromatic N) is 2. The minimum atomic E-state index is -3.51. The van der Waals surface area contributed by atoms with Gasteiger partial charge in [0.05, 0.1) is 10.9 Å². The highest BCUT2D eigenvalue weighted by molar-refractivity contribution is 7.89. The molecule has 2 aromatic rings. The van der Waals surface area contributed by atoms with E-state index in [2.05, 4.69) is 0 Å². The molecule has 8 heteroatoms. The minimum Gasteiger partial charge on any atom is -0.452 e. The molecule has 7 nitrogen and oxygen atoms in total. The van der Waals surface area contributed by atoms with E-state index in [1.54, 1.807) is 35.6 Å². The molecule has 34 heavy (non-hydrogen) atoms. The van der Waals surface area contributed by atoms with Gasteiger partial charge in [-0.25, -0.2) is 13.2 Å². The lowest BCUT2D eigenvalue weighted by atomic mass is 10.1. The van der Waals surface area contributed by atoms with Gasteiger partial charge in [0.25, 0.3) is 5.91 Å². The molecule has 0 spiro atoms. The molecule has 0 aromatic heterocycles. The van der Waals surface area contributed by atoms with Crippen molar-refractivity contribution in [1.29, 1.82) is 0 Å². The van der Waals surface area contributed by atoms with Crippen LogP contribution in [0.1, 0.15) is 49.8 Å². The molecule has 0 radical (unpaired) electrons. The van der Waals surface area contributed by atoms with Crippen LogP contribution < -0.4 is 0 Å². The highest BCUT2D eigenvalue weighted by Gasteiger charge is 2.24. The van der Waals surface area contributed by atoms with E-state index in [0.717, 1.165) is 31.2 Å². The zero-order chi connectivity index (χ0) is 24.6. The van der Waals surface area contributed by atoms with E-state index in [9.17, 15) is 18.0 Å². The molecule has 1 aliphatic heterocycles. The molecular weight excluding hydrogens is 452 g/mol. The number of sulfonamides is 1. The van der Waals surface area contributed by atoms with Crippen molar-refractivity contribution in [3.63, 3.8) is 0 Å². The molecule has 182 valence electrons. The highest BCUT2D eigenvalue weighted by atomic mass is 32.2. The topological polar surface area (TPSA) is 84.0 Å². The SMILES string of the molecule is CC(c1ccccc1)N(C)C(=O)COC(=O)/C=C/c1ccc(S(=O)(=O)N2CCCCCC2)cc1. The Kier molecular flexibility index (Phi) is 9.01. The summed E-state index contributed by atoms with van der Waals surface area (Å²) in [6.07, 6.45) is 6.63. The van der Waals surface area contributed by atoms with E-state index in [1.807, 2.05) is 37.3 Å². The van der Waals surface area contributed by atoms with E-state index < -0.39 is 16.0 Å². The summed E-state index contributed by atoms with van der Waals surface area (Å²) < 4.78 is 32.3. The van der Waals surface area contributed by atoms with Gasteiger partial charge in [0.1, 0.15) is 0 Å². The fourth-order valence-electron chi connectivity index (χ4n) is 3.80. The molecule has 1 atom stereocenters. The van der Waals surface area contributed by atoms with Gasteiger partial charge < -0.3 is 9.64 Å². The monoisotopic (exact) mass is 484 g/mol. The van der Waals surface area contributed by atoms with Crippen molar-refractivity contribution in [2.75, 3.05) is 26.7 Å². The summed E-state index contributed by atoms with van der Waals surface area (Å²) in [6, 6.07) is 15.9. The lowest BCUT2D eigenvalue weighted by molar-refractivity contribution is -0.148. The fourth-order valence-corrected chi connectivity index (χ4v) is 5.32. The number of hydrogen-bond donors (Lipinski definition) is 0. The Morgan fingerprint density at radius 2 is 1.62 bits per heavy atom. The van der Waals surface area contributed by atoms with Crippen molar-refractivity contribution in [3.8, 4) is 0 Å². The highest BCUT2D eigenvalue weighted by Crippen LogP contribution is 2.21. The predicted octanol–water partition coefficient (Wildman–Crippen LogP) is 4.03. The molecule has 1 saturated heterocycles. The van der Waals surface area contributed by atoms with Gasteiger partial charge >= 0.3 is 5.97 Å². The van der Waals surface area contributed by atoms with Crippen molar-refractivity contribution < 1.29 is 22.7 Å². The Morgan fingerprint density at radius 3 is 2.24 bits per heavy atom. The lowest BCUT2D eigenvalue weighted by Gasteiger charge is -2.25. The molecule has 1 heterocycles. The van der Waals surface area contributed by atoms with Crippen LogP contribution in [0.4, 0.5) is 0 Å². The summed E-state index contributed by atoms with van der Waals surface area (Å²) in [7, 11) is -1.84. The number of esters is 1. The second-order valence-corrected chi connectivity index (χ2v) is 10.4. The molecule has 1 fully saturated rings. The van der Waals surface area contributed by atoms with Crippen LogP contribution in [0.15, 0.2) is 65.6 Å². The van der Waals surface area contributed by atoms with E-state index in [-0.39, 0.29) is 23.5 Å². The quantitative estimate of drug-likeness (QED) is 0.417. The first-order chi connectivity index (χ1) is 16.3. The summed E-state index contributed by atoms with van der Waals surface area (Å²) in [5.74, 6) is -0.948. The van der Waals surface area contributed by atoms with Crippen molar-refractivity contribution in [2.24, 2.45) is 0 Å². The van der Waals surface area contributed by atoms with Crippen LogP contribution in [0, 0.1) is 0 Å². The molecule has 3 rings (SSSR count). The number of benzene rings is 2. The predicted molar refractivity (Wildman–Crippen MR) is 131 cm³/mol. The van der Waals surface area contributed by atoms with Gasteiger partial charge in [-0.05, 0) is 49.1 Å². The molecule has 0 N–H and O–H groups in total. The smallest absolute Gasteiger partial charge is 0.331 e. The van der Waals surface area contributed by atoms with E-state index in [0.29, 0.717) is 18.7 Å². The van der Waals surface area contributed by atoms with E-state index in [1.165, 1.54) is 17.1 Å². The third-order valence-corrected chi connectivity index (χ3v) is 8.00. The largest absolute Gasteiger partial charge is 0.452 e. The number of ether oxygens (including phenoxy) is 1. The van der Waals surface area contributed by atoms with Gasteiger partial charge in [-0.3, -0.25) is 4.79 Å². The summed E-state index contributed by atoms with van der Waals surface area (Å²) >= 11 is 0. The number of likely N-dealkylation sites (N-methyl/N-ethyl adjacent to an activating group) is 1. The zero-order valence-corrected chi connectivity index (χ0v) is 20.5. The minimum absolute atomic E-state index is 0.146. The third-order valence-electron chi connectivity index (χ3n) is 6.09. The van der Waals surface area contributed by atoms with Crippen LogP contribution in [0.3, 0.4) is 0 Å². The molecule has 1 amide bonds. The number of rotatable bonds is 8. The van der Waals surface area contributed by atoms with Gasteiger partial charge in [-0.15, -0.1) is 0 Å². The van der Waals surface area contributed by atoms with Crippen molar-refractivity contribution >= 4 is 28.0 Å². The van der Waals surface area contributed by atoms with Crippen LogP contribution in [0.2, 0.25) is 0 Å². The first-order valence-corrected chi connectivity index (χ1v) is 13.0. The first kappa shape index (κ1) is 25.6. The number of amides is 1. The van der Waals surface area contributed by atoms with Gasteiger partial charge in [0.2, 0.25) is 10.0 Å². The Hall–Kier alpha value is -2.97. The molecule has 1 aliphatic rings. The number of carbonyl (C=O) groups excluding carboxylic acids is 2. The van der Waals surface area contributed by atoms with Crippen LogP contribution in [-0.2, 0) is 24.3 Å². The van der Waals surface area contributed by atoms with Gasteiger partial charge in [-0.2, -0.15) is 4.31 Å². The average Bonchev–Trinajstić information content (AvgIpc) is 3.16. The molecule has 0 saturated carbocycles. The first-order valence-electron chi connectivity index (χ1n) is 11.5. The van der Waals surface area contributed by atoms with Gasteiger partial charge in [0.15, 0.2) is 6.61 Å². The van der Waals surface area contributed by atoms with Crippen molar-refractivity contribution in [2.45, 2.75) is 43.5 Å². The van der Waals surface area contributed by atoms with Gasteiger partial charge in [-0.1, -0.05) is 55.3 Å². The summed E-state index contributed by atoms with van der Waals surface area (Å²) in [5.41, 5.74) is 1.65. The van der Waals surface area contributed by atoms with Crippen molar-refractivity contribution in [3.05, 3.63) is 71.8 Å². The summed E-state index contributed by atoms with van der Waals surface area (Å²) in [6.45, 7) is 2.65. The fraction of sp³-hybridized carbons (Fsp3) is 0.385. The van der Waals surface area contributed by atoms with Gasteiger partial charge in [0, 0.05) is 26.2 Å². The number of carbonyl (C=O) groups is 2. The molecular formula is C26H32N2O5S. The maximum absolute atomic E-state index is 12.9. The molecule has 0 bridgehead atoms. The maximum Gasteiger partial charge on any atom is 0.331 e. The Morgan fingerprint density at radius 1 is 1.00 bits per heavy atom. The molecule has 2 aromatic carbocycles. The van der Waals surface area contributed by atoms with Crippen LogP contribution in [0.25, 0.3) is 6.08 Å². The molecule has 0 aliphatic carbocycles. The average molecular weight is 485 g/mol. The third kappa shape index (κ3) is 6.77. The second-order valence-electron chi connectivity index (χ2n) is 8.42. The van der Waals surface area contributed by atoms with E-state index in [4.69, 9.17) is 4.74 Å². The van der Waals surface area contributed by atoms with Crippen LogP contribution in [0.5, 0.6) is 0 Å². The Labute approximate surface area is 202 Å². The Bertz CT molecular complexity index is 1090. The Balaban J connectivity index is 1.52. The van der Waals surface area contributed by atoms with Crippen LogP contribution >= 0.6 is 0 Å². The maximum atomic E-state index is 12.9. The lowest BCUT2D eigenvalue weighted by Crippen LogP contribution is -2.33. The van der Waals surface area contributed by atoms with E-state index >= 15 is 0 Å². The van der Waals surface area contributed by atoms with Crippen LogP contribution in [-0.4, -0.2) is 56.2 Å². The second kappa shape index (κ2) is 11.9. The molecule has 1 unspecified atom stereocenters. The summed E-state index contributed by atoms with van der Waals surface area (Å²) in [5, 5.41) is 0. The summed E-state index contributed by atoms with van der Waals surface area (Å²) in [4.78, 5) is 26.2. The van der Waals surface area contributed by atoms with Crippen molar-refractivity contribution in [1.82, 2.24) is 9.21 Å². The standard InChI is InChI=1S/C26H32N2O5S/c1-21(23-10-6-5-7-11-23)27(2)25(29)20-33-26(30)17-14-22-12-15-24(16-13-22)34(31,32)28-18-8-3-4-9-19-28/h5-7,10-17,21H,3-4,8-9,18-20H2,1-2H3/b17-14+.